The number of amides is 1. The van der Waals surface area contributed by atoms with Crippen molar-refractivity contribution in [2.75, 3.05) is 19.1 Å². The maximum absolute atomic E-state index is 12.3. The number of aromatic nitrogens is 2. The van der Waals surface area contributed by atoms with Crippen molar-refractivity contribution in [3.8, 4) is 11.6 Å². The monoisotopic (exact) mass is 379 g/mol. The second kappa shape index (κ2) is 8.63. The molecule has 0 fully saturated rings. The number of nitrogens with one attached hydrogen (secondary N) is 1. The number of sulfone groups is 1. The lowest BCUT2D eigenvalue weighted by Gasteiger charge is -2.10. The number of rotatable bonds is 7. The Balaban J connectivity index is 2.18. The molecule has 9 heteroatoms. The zero-order chi connectivity index (χ0) is 18.3. The van der Waals surface area contributed by atoms with E-state index in [1.54, 1.807) is 12.1 Å². The summed E-state index contributed by atoms with van der Waals surface area (Å²) in [6, 6.07) is 8.96. The molecule has 1 amide bonds. The fourth-order valence-electron chi connectivity index (χ4n) is 1.75. The first-order valence-corrected chi connectivity index (χ1v) is 10.4. The van der Waals surface area contributed by atoms with E-state index in [1.165, 1.54) is 24.0 Å². The van der Waals surface area contributed by atoms with Gasteiger partial charge in [0.1, 0.15) is 11.3 Å². The predicted octanol–water partition coefficient (Wildman–Crippen LogP) is 2.28. The Morgan fingerprint density at radius 1 is 1.32 bits per heavy atom. The second-order valence-corrected chi connectivity index (χ2v) is 7.61. The summed E-state index contributed by atoms with van der Waals surface area (Å²) in [6.07, 6.45) is 5.62. The highest BCUT2D eigenvalue weighted by atomic mass is 32.2. The van der Waals surface area contributed by atoms with Gasteiger partial charge < -0.3 is 10.1 Å². The van der Waals surface area contributed by atoms with Gasteiger partial charge in [-0.25, -0.2) is 13.4 Å². The van der Waals surface area contributed by atoms with Gasteiger partial charge in [-0.3, -0.25) is 4.79 Å². The summed E-state index contributed by atoms with van der Waals surface area (Å²) in [7, 11) is -3.23. The van der Waals surface area contributed by atoms with Crippen molar-refractivity contribution in [1.29, 1.82) is 0 Å². The van der Waals surface area contributed by atoms with Crippen LogP contribution >= 0.6 is 11.8 Å². The number of carbonyl (C=O) groups excluding carboxylic acids is 1. The Morgan fingerprint density at radius 3 is 2.68 bits per heavy atom. The maximum Gasteiger partial charge on any atom is 0.258 e. The van der Waals surface area contributed by atoms with Crippen LogP contribution in [0.25, 0.3) is 0 Å². The summed E-state index contributed by atoms with van der Waals surface area (Å²) < 4.78 is 27.8. The summed E-state index contributed by atoms with van der Waals surface area (Å²) in [5.41, 5.74) is 0.161. The van der Waals surface area contributed by atoms with Crippen molar-refractivity contribution < 1.29 is 17.9 Å². The molecule has 1 aromatic heterocycles. The molecule has 7 nitrogen and oxygen atoms in total. The average molecular weight is 379 g/mol. The topological polar surface area (TPSA) is 98.2 Å². The van der Waals surface area contributed by atoms with E-state index in [4.69, 9.17) is 4.74 Å². The normalized spacial score (nSPS) is 11.4. The van der Waals surface area contributed by atoms with Crippen LogP contribution in [0, 0.1) is 0 Å². The molecule has 2 aromatic rings. The van der Waals surface area contributed by atoms with Crippen molar-refractivity contribution in [3.05, 3.63) is 53.6 Å². The Hall–Kier alpha value is -2.39. The Labute approximate surface area is 150 Å². The molecule has 0 aliphatic heterocycles. The van der Waals surface area contributed by atoms with E-state index in [-0.39, 0.29) is 18.0 Å². The van der Waals surface area contributed by atoms with Crippen molar-refractivity contribution >= 4 is 27.5 Å². The van der Waals surface area contributed by atoms with Crippen LogP contribution < -0.4 is 10.1 Å². The largest absolute Gasteiger partial charge is 0.438 e. The number of hydrogen-bond donors (Lipinski definition) is 1. The highest BCUT2D eigenvalue weighted by Gasteiger charge is 2.16. The van der Waals surface area contributed by atoms with E-state index >= 15 is 0 Å². The molecule has 132 valence electrons. The number of carbonyl (C=O) groups is 1. The number of nitrogens with zero attached hydrogens (tertiary/aromatic N) is 2. The van der Waals surface area contributed by atoms with Crippen LogP contribution in [0.2, 0.25) is 0 Å². The Bertz CT molecular complexity index is 868. The quantitative estimate of drug-likeness (QED) is 0.582. The smallest absolute Gasteiger partial charge is 0.258 e. The first-order valence-electron chi connectivity index (χ1n) is 7.18. The van der Waals surface area contributed by atoms with E-state index in [1.807, 2.05) is 24.5 Å². The van der Waals surface area contributed by atoms with E-state index in [2.05, 4.69) is 15.3 Å². The minimum atomic E-state index is -3.23. The Morgan fingerprint density at radius 2 is 2.04 bits per heavy atom. The molecular formula is C16H17N3O4S2. The van der Waals surface area contributed by atoms with E-state index in [0.29, 0.717) is 10.9 Å². The lowest BCUT2D eigenvalue weighted by atomic mass is 10.3. The molecule has 1 heterocycles. The first-order chi connectivity index (χ1) is 11.9. The van der Waals surface area contributed by atoms with Crippen molar-refractivity contribution in [3.63, 3.8) is 0 Å². The fraction of sp³-hybridized carbons (Fsp3) is 0.188. The molecule has 0 bridgehead atoms. The molecule has 0 radical (unpaired) electrons. The third kappa shape index (κ3) is 6.20. The van der Waals surface area contributed by atoms with E-state index in [9.17, 15) is 13.2 Å². The molecular weight excluding hydrogens is 362 g/mol. The number of thioether (sulfide) groups is 1. The third-order valence-corrected chi connectivity index (χ3v) is 4.09. The predicted molar refractivity (Wildman–Crippen MR) is 96.6 cm³/mol. The molecule has 0 spiro atoms. The molecule has 0 atom stereocenters. The second-order valence-electron chi connectivity index (χ2n) is 4.90. The van der Waals surface area contributed by atoms with Gasteiger partial charge in [0.2, 0.25) is 5.88 Å². The minimum absolute atomic E-state index is 0.0565. The summed E-state index contributed by atoms with van der Waals surface area (Å²) in [5.74, 6) is 0.214. The highest BCUT2D eigenvalue weighted by molar-refractivity contribution is 7.98. The van der Waals surface area contributed by atoms with Gasteiger partial charge in [-0.2, -0.15) is 4.98 Å². The molecule has 25 heavy (non-hydrogen) atoms. The molecule has 0 aliphatic rings. The maximum atomic E-state index is 12.3. The summed E-state index contributed by atoms with van der Waals surface area (Å²) >= 11 is 1.33. The van der Waals surface area contributed by atoms with Crippen LogP contribution in [-0.4, -0.2) is 43.3 Å². The Kier molecular flexibility index (Phi) is 6.54. The zero-order valence-corrected chi connectivity index (χ0v) is 15.3. The number of para-hydroxylation sites is 1. The van der Waals surface area contributed by atoms with Crippen LogP contribution in [0.15, 0.2) is 53.2 Å². The van der Waals surface area contributed by atoms with Crippen molar-refractivity contribution in [2.24, 2.45) is 0 Å². The molecule has 0 aliphatic carbocycles. The standard InChI is InChI=1S/C16H17N3O4S2/c1-24-16-18-11-13(14(20)17-9-6-10-25(2,21)22)15(19-16)23-12-7-4-3-5-8-12/h3-8,10-11H,9H2,1-2H3,(H,17,20)/b10-6+. The lowest BCUT2D eigenvalue weighted by Crippen LogP contribution is -2.24. The molecule has 1 N–H and O–H groups in total. The third-order valence-electron chi connectivity index (χ3n) is 2.84. The summed E-state index contributed by atoms with van der Waals surface area (Å²) in [5, 5.41) is 4.08. The molecule has 0 saturated heterocycles. The van der Waals surface area contributed by atoms with Gasteiger partial charge in [-0.05, 0) is 18.4 Å². The van der Waals surface area contributed by atoms with Crippen LogP contribution in [-0.2, 0) is 9.84 Å². The van der Waals surface area contributed by atoms with Gasteiger partial charge >= 0.3 is 0 Å². The fourth-order valence-corrected chi connectivity index (χ4v) is 2.53. The number of ether oxygens (including phenoxy) is 1. The van der Waals surface area contributed by atoms with Crippen LogP contribution in [0.3, 0.4) is 0 Å². The number of benzene rings is 1. The van der Waals surface area contributed by atoms with Crippen molar-refractivity contribution in [2.45, 2.75) is 5.16 Å². The van der Waals surface area contributed by atoms with Crippen LogP contribution in [0.1, 0.15) is 10.4 Å². The van der Waals surface area contributed by atoms with Crippen molar-refractivity contribution in [1.82, 2.24) is 15.3 Å². The van der Waals surface area contributed by atoms with E-state index in [0.717, 1.165) is 11.7 Å². The average Bonchev–Trinajstić information content (AvgIpc) is 2.58. The molecule has 1 aromatic carbocycles. The van der Waals surface area contributed by atoms with E-state index < -0.39 is 15.7 Å². The summed E-state index contributed by atoms with van der Waals surface area (Å²) in [4.78, 5) is 20.6. The zero-order valence-electron chi connectivity index (χ0n) is 13.7. The minimum Gasteiger partial charge on any atom is -0.438 e. The van der Waals surface area contributed by atoms with Gasteiger partial charge in [0.05, 0.1) is 0 Å². The lowest BCUT2D eigenvalue weighted by molar-refractivity contribution is 0.0954. The first kappa shape index (κ1) is 18.9. The van der Waals surface area contributed by atoms with Gasteiger partial charge in [0.25, 0.3) is 5.91 Å². The van der Waals surface area contributed by atoms with Gasteiger partial charge in [0.15, 0.2) is 15.0 Å². The van der Waals surface area contributed by atoms with Gasteiger partial charge in [-0.15, -0.1) is 0 Å². The highest BCUT2D eigenvalue weighted by Crippen LogP contribution is 2.24. The molecule has 2 rings (SSSR count). The summed E-state index contributed by atoms with van der Waals surface area (Å²) in [6.45, 7) is 0.0565. The SMILES string of the molecule is CSc1ncc(C(=O)NC/C=C/S(C)(=O)=O)c(Oc2ccccc2)n1. The molecule has 0 unspecified atom stereocenters. The molecule has 0 saturated carbocycles. The van der Waals surface area contributed by atoms with Gasteiger partial charge in [-0.1, -0.05) is 36.0 Å². The van der Waals surface area contributed by atoms with Crippen LogP contribution in [0.4, 0.5) is 0 Å². The van der Waals surface area contributed by atoms with Gasteiger partial charge in [0, 0.05) is 24.4 Å². The van der Waals surface area contributed by atoms with Crippen LogP contribution in [0.5, 0.6) is 11.6 Å². The number of hydrogen-bond acceptors (Lipinski definition) is 7.